The van der Waals surface area contributed by atoms with Crippen molar-refractivity contribution in [2.45, 2.75) is 6.42 Å². The fraction of sp³-hybridized carbons (Fsp3) is 0.115. The van der Waals surface area contributed by atoms with Gasteiger partial charge in [0.1, 0.15) is 18.2 Å². The van der Waals surface area contributed by atoms with Crippen LogP contribution in [0.5, 0.6) is 0 Å². The number of carboxylic acid groups (broad SMARTS) is 1. The smallest absolute Gasteiger partial charge is 0.322 e. The number of carboxylic acids is 1. The Labute approximate surface area is 188 Å². The van der Waals surface area contributed by atoms with Crippen molar-refractivity contribution in [2.24, 2.45) is 9.98 Å². The molecule has 0 saturated carbocycles. The number of anilines is 1. The molecule has 1 aliphatic rings. The van der Waals surface area contributed by atoms with E-state index in [9.17, 15) is 9.18 Å². The highest BCUT2D eigenvalue weighted by Crippen LogP contribution is 2.28. The maximum absolute atomic E-state index is 14.8. The SMILES string of the molecule is O=C(O)CNc1[nH]c2ccccc2c1CC1=NC(c2ccccc2F)=c2ccccc2=NC1. The molecule has 0 aliphatic carbocycles. The Bertz CT molecular complexity index is 1520. The second-order valence-electron chi connectivity index (χ2n) is 7.79. The van der Waals surface area contributed by atoms with Crippen LogP contribution in [-0.4, -0.2) is 34.9 Å². The van der Waals surface area contributed by atoms with Crippen LogP contribution in [0.3, 0.4) is 0 Å². The van der Waals surface area contributed by atoms with E-state index in [2.05, 4.69) is 10.3 Å². The van der Waals surface area contributed by atoms with E-state index in [0.29, 0.717) is 30.0 Å². The average Bonchev–Trinajstić information content (AvgIpc) is 3.06. The van der Waals surface area contributed by atoms with Gasteiger partial charge in [0.2, 0.25) is 0 Å². The highest BCUT2D eigenvalue weighted by molar-refractivity contribution is 5.99. The second-order valence-corrected chi connectivity index (χ2v) is 7.79. The number of nitrogens with one attached hydrogen (secondary N) is 2. The van der Waals surface area contributed by atoms with Crippen molar-refractivity contribution >= 4 is 34.1 Å². The first-order valence-electron chi connectivity index (χ1n) is 10.6. The fourth-order valence-electron chi connectivity index (χ4n) is 4.10. The normalized spacial score (nSPS) is 13.1. The number of hydrogen-bond acceptors (Lipinski definition) is 4. The monoisotopic (exact) mass is 440 g/mol. The molecule has 3 N–H and O–H groups in total. The number of rotatable bonds is 6. The number of aromatic amines is 1. The van der Waals surface area contributed by atoms with Crippen molar-refractivity contribution in [1.29, 1.82) is 0 Å². The molecule has 1 aliphatic heterocycles. The number of hydrogen-bond donors (Lipinski definition) is 3. The highest BCUT2D eigenvalue weighted by Gasteiger charge is 2.17. The van der Waals surface area contributed by atoms with Gasteiger partial charge in [-0.2, -0.15) is 0 Å². The number of aromatic nitrogens is 1. The van der Waals surface area contributed by atoms with E-state index < -0.39 is 5.97 Å². The Morgan fingerprint density at radius 2 is 1.79 bits per heavy atom. The van der Waals surface area contributed by atoms with Crippen molar-refractivity contribution in [2.75, 3.05) is 18.4 Å². The molecule has 4 aromatic rings. The van der Waals surface area contributed by atoms with Crippen molar-refractivity contribution in [3.05, 3.63) is 100 Å². The van der Waals surface area contributed by atoms with Gasteiger partial charge in [-0.15, -0.1) is 0 Å². The Hall–Kier alpha value is -4.26. The molecule has 0 saturated heterocycles. The maximum atomic E-state index is 14.8. The number of fused-ring (bicyclic) bond motifs is 2. The van der Waals surface area contributed by atoms with Gasteiger partial charge in [0.15, 0.2) is 0 Å². The number of nitrogens with zero attached hydrogens (tertiary/aromatic N) is 2. The molecule has 5 rings (SSSR count). The Morgan fingerprint density at radius 1 is 1.03 bits per heavy atom. The quantitative estimate of drug-likeness (QED) is 0.430. The third-order valence-corrected chi connectivity index (χ3v) is 5.60. The topological polar surface area (TPSA) is 89.8 Å². The molecule has 0 bridgehead atoms. The molecule has 0 fully saturated rings. The Balaban J connectivity index is 1.64. The summed E-state index contributed by atoms with van der Waals surface area (Å²) in [6.07, 6.45) is 0.432. The predicted octanol–water partition coefficient (Wildman–Crippen LogP) is 3.28. The minimum absolute atomic E-state index is 0.214. The summed E-state index contributed by atoms with van der Waals surface area (Å²) in [6.45, 7) is 0.140. The van der Waals surface area contributed by atoms with E-state index in [1.54, 1.807) is 18.2 Å². The minimum Gasteiger partial charge on any atom is -0.480 e. The largest absolute Gasteiger partial charge is 0.480 e. The van der Waals surface area contributed by atoms with E-state index in [1.165, 1.54) is 6.07 Å². The standard InChI is InChI=1S/C26H21FN4O2/c27-21-10-4-1-8-18(21)25-19-9-3-5-11-22(19)28-14-16(30-25)13-20-17-7-2-6-12-23(17)31-26(20)29-15-24(32)33/h1-12,29,31H,13-15H2,(H,32,33). The molecular formula is C26H21FN4O2. The van der Waals surface area contributed by atoms with Gasteiger partial charge in [-0.25, -0.2) is 4.39 Å². The highest BCUT2D eigenvalue weighted by atomic mass is 19.1. The second kappa shape index (κ2) is 8.70. The zero-order valence-electron chi connectivity index (χ0n) is 17.7. The summed E-state index contributed by atoms with van der Waals surface area (Å²) < 4.78 is 14.8. The van der Waals surface area contributed by atoms with Gasteiger partial charge in [-0.05, 0) is 24.3 Å². The van der Waals surface area contributed by atoms with Crippen LogP contribution in [0.4, 0.5) is 10.2 Å². The molecular weight excluding hydrogens is 419 g/mol. The summed E-state index contributed by atoms with van der Waals surface area (Å²) in [5, 5.41) is 14.6. The van der Waals surface area contributed by atoms with Crippen LogP contribution in [0, 0.1) is 5.82 Å². The zero-order valence-corrected chi connectivity index (χ0v) is 17.7. The zero-order chi connectivity index (χ0) is 22.8. The number of aliphatic carboxylic acids is 1. The van der Waals surface area contributed by atoms with E-state index in [1.807, 2.05) is 48.5 Å². The third-order valence-electron chi connectivity index (χ3n) is 5.60. The molecule has 6 nitrogen and oxygen atoms in total. The molecule has 3 aromatic carbocycles. The van der Waals surface area contributed by atoms with Gasteiger partial charge in [-0.1, -0.05) is 48.5 Å². The van der Waals surface area contributed by atoms with Crippen molar-refractivity contribution in [3.8, 4) is 0 Å². The van der Waals surface area contributed by atoms with E-state index in [0.717, 1.165) is 32.8 Å². The summed E-state index contributed by atoms with van der Waals surface area (Å²) in [6, 6.07) is 22.0. The summed E-state index contributed by atoms with van der Waals surface area (Å²) >= 11 is 0. The average molecular weight is 440 g/mol. The predicted molar refractivity (Wildman–Crippen MR) is 127 cm³/mol. The lowest BCUT2D eigenvalue weighted by Gasteiger charge is -2.09. The lowest BCUT2D eigenvalue weighted by atomic mass is 10.1. The Kier molecular flexibility index (Phi) is 5.44. The van der Waals surface area contributed by atoms with Gasteiger partial charge in [0.05, 0.1) is 17.6 Å². The molecule has 0 spiro atoms. The molecule has 33 heavy (non-hydrogen) atoms. The van der Waals surface area contributed by atoms with Gasteiger partial charge in [0.25, 0.3) is 0 Å². The van der Waals surface area contributed by atoms with Crippen LogP contribution in [0.2, 0.25) is 0 Å². The van der Waals surface area contributed by atoms with Crippen molar-refractivity contribution in [1.82, 2.24) is 4.98 Å². The van der Waals surface area contributed by atoms with Crippen molar-refractivity contribution in [3.63, 3.8) is 0 Å². The summed E-state index contributed by atoms with van der Waals surface area (Å²) in [5.74, 6) is -0.661. The van der Waals surface area contributed by atoms with E-state index >= 15 is 0 Å². The van der Waals surface area contributed by atoms with Crippen LogP contribution >= 0.6 is 0 Å². The molecule has 7 heteroatoms. The minimum atomic E-state index is -0.952. The van der Waals surface area contributed by atoms with Crippen LogP contribution in [0.25, 0.3) is 16.6 Å². The number of halogens is 1. The maximum Gasteiger partial charge on any atom is 0.322 e. The molecule has 0 radical (unpaired) electrons. The number of aliphatic imine (C=N–C) groups is 1. The molecule has 164 valence electrons. The van der Waals surface area contributed by atoms with Gasteiger partial charge in [0, 0.05) is 39.4 Å². The summed E-state index contributed by atoms with van der Waals surface area (Å²) in [7, 11) is 0. The number of H-pyrrole nitrogens is 1. The number of benzene rings is 3. The van der Waals surface area contributed by atoms with Crippen LogP contribution in [-0.2, 0) is 11.2 Å². The summed E-state index contributed by atoms with van der Waals surface area (Å²) in [5.41, 5.74) is 3.52. The molecule has 0 unspecified atom stereocenters. The van der Waals surface area contributed by atoms with Gasteiger partial charge >= 0.3 is 5.97 Å². The molecule has 1 aromatic heterocycles. The van der Waals surface area contributed by atoms with Gasteiger partial charge in [-0.3, -0.25) is 14.8 Å². The first-order valence-corrected chi connectivity index (χ1v) is 10.6. The third kappa shape index (κ3) is 4.13. The first kappa shape index (κ1) is 20.6. The number of carbonyl (C=O) groups is 1. The van der Waals surface area contributed by atoms with Crippen LogP contribution in [0.1, 0.15) is 11.1 Å². The Morgan fingerprint density at radius 3 is 2.64 bits per heavy atom. The van der Waals surface area contributed by atoms with E-state index in [-0.39, 0.29) is 12.4 Å². The van der Waals surface area contributed by atoms with Crippen molar-refractivity contribution < 1.29 is 14.3 Å². The first-order chi connectivity index (χ1) is 16.1. The van der Waals surface area contributed by atoms with Gasteiger partial charge < -0.3 is 15.4 Å². The van der Waals surface area contributed by atoms with E-state index in [4.69, 9.17) is 15.1 Å². The van der Waals surface area contributed by atoms with Crippen LogP contribution in [0.15, 0.2) is 82.8 Å². The molecule has 2 heterocycles. The lowest BCUT2D eigenvalue weighted by molar-refractivity contribution is -0.134. The summed E-state index contributed by atoms with van der Waals surface area (Å²) in [4.78, 5) is 24.1. The molecule has 0 atom stereocenters. The van der Waals surface area contributed by atoms with Crippen LogP contribution < -0.4 is 15.9 Å². The molecule has 0 amide bonds. The number of para-hydroxylation sites is 2. The lowest BCUT2D eigenvalue weighted by Crippen LogP contribution is -2.26. The fourth-order valence-corrected chi connectivity index (χ4v) is 4.10.